The lowest BCUT2D eigenvalue weighted by Gasteiger charge is -2.21. The van der Waals surface area contributed by atoms with Crippen LogP contribution in [0.5, 0.6) is 0 Å². The lowest BCUT2D eigenvalue weighted by Crippen LogP contribution is -2.14. The molecule has 4 rings (SSSR count). The number of hydrogen-bond donors (Lipinski definition) is 0. The molecule has 0 radical (unpaired) electrons. The average molecular weight is 299 g/mol. The van der Waals surface area contributed by atoms with E-state index < -0.39 is 0 Å². The maximum Gasteiger partial charge on any atom is 0.0495 e. The molecule has 0 saturated heterocycles. The largest absolute Gasteiger partial charge is 0.344 e. The van der Waals surface area contributed by atoms with Gasteiger partial charge in [0, 0.05) is 34.6 Å². The summed E-state index contributed by atoms with van der Waals surface area (Å²) >= 11 is 0. The highest BCUT2D eigenvalue weighted by Gasteiger charge is 2.37. The molecule has 1 aliphatic rings. The van der Waals surface area contributed by atoms with Crippen molar-refractivity contribution in [2.24, 2.45) is 7.05 Å². The van der Waals surface area contributed by atoms with E-state index in [1.54, 1.807) is 0 Å². The molecule has 114 valence electrons. The molecule has 0 unspecified atom stereocenters. The number of nitrogens with zero attached hydrogens (tertiary/aromatic N) is 1. The van der Waals surface area contributed by atoms with Crippen molar-refractivity contribution < 1.29 is 0 Å². The van der Waals surface area contributed by atoms with Crippen LogP contribution in [0.3, 0.4) is 0 Å². The lowest BCUT2D eigenvalue weighted by molar-refractivity contribution is 0.661. The predicted molar refractivity (Wildman–Crippen MR) is 101 cm³/mol. The molecule has 1 heterocycles. The van der Waals surface area contributed by atoms with Crippen LogP contribution in [0.1, 0.15) is 36.2 Å². The molecule has 2 aromatic carbocycles. The van der Waals surface area contributed by atoms with E-state index in [4.69, 9.17) is 0 Å². The van der Waals surface area contributed by atoms with E-state index in [-0.39, 0.29) is 5.41 Å². The summed E-state index contributed by atoms with van der Waals surface area (Å²) in [6.45, 7) is 12.7. The van der Waals surface area contributed by atoms with Crippen LogP contribution in [-0.4, -0.2) is 4.57 Å². The minimum atomic E-state index is 0.0305. The van der Waals surface area contributed by atoms with Gasteiger partial charge in [-0.25, -0.2) is 0 Å². The number of hydrogen-bond acceptors (Lipinski definition) is 0. The smallest absolute Gasteiger partial charge is 0.0495 e. The van der Waals surface area contributed by atoms with E-state index in [9.17, 15) is 0 Å². The molecular weight excluding hydrogens is 278 g/mol. The highest BCUT2D eigenvalue weighted by atomic mass is 14.9. The van der Waals surface area contributed by atoms with Crippen molar-refractivity contribution in [2.45, 2.75) is 19.3 Å². The average Bonchev–Trinajstić information content (AvgIpc) is 2.97. The van der Waals surface area contributed by atoms with Crippen molar-refractivity contribution in [3.8, 4) is 11.1 Å². The van der Waals surface area contributed by atoms with Gasteiger partial charge in [0.1, 0.15) is 0 Å². The van der Waals surface area contributed by atoms with Gasteiger partial charge in [0.2, 0.25) is 0 Å². The lowest BCUT2D eigenvalue weighted by atomic mass is 9.82. The number of fused-ring (bicyclic) bond motifs is 5. The Hall–Kier alpha value is -2.54. The van der Waals surface area contributed by atoms with Crippen molar-refractivity contribution in [2.75, 3.05) is 0 Å². The van der Waals surface area contributed by atoms with E-state index in [0.29, 0.717) is 0 Å². The monoisotopic (exact) mass is 299 g/mol. The van der Waals surface area contributed by atoms with E-state index in [1.165, 1.54) is 38.7 Å². The molecule has 0 fully saturated rings. The zero-order chi connectivity index (χ0) is 16.4. The van der Waals surface area contributed by atoms with Crippen molar-refractivity contribution in [3.63, 3.8) is 0 Å². The highest BCUT2D eigenvalue weighted by Crippen LogP contribution is 2.52. The second kappa shape index (κ2) is 4.48. The third-order valence-corrected chi connectivity index (χ3v) is 5.39. The second-order valence-corrected chi connectivity index (χ2v) is 6.82. The number of rotatable bonds is 2. The van der Waals surface area contributed by atoms with Gasteiger partial charge in [-0.3, -0.25) is 0 Å². The van der Waals surface area contributed by atoms with Crippen LogP contribution < -0.4 is 0 Å². The van der Waals surface area contributed by atoms with E-state index in [1.807, 2.05) is 12.2 Å². The van der Waals surface area contributed by atoms with Crippen LogP contribution in [0.2, 0.25) is 0 Å². The van der Waals surface area contributed by atoms with E-state index >= 15 is 0 Å². The zero-order valence-corrected chi connectivity index (χ0v) is 14.0. The molecule has 3 aromatic rings. The molecule has 0 N–H and O–H groups in total. The van der Waals surface area contributed by atoms with Crippen LogP contribution in [0.4, 0.5) is 0 Å². The number of benzene rings is 2. The number of aromatic nitrogens is 1. The Morgan fingerprint density at radius 1 is 0.957 bits per heavy atom. The van der Waals surface area contributed by atoms with Crippen LogP contribution in [0, 0.1) is 0 Å². The molecular formula is C22H21N. The van der Waals surface area contributed by atoms with Gasteiger partial charge in [0.25, 0.3) is 0 Å². The molecule has 23 heavy (non-hydrogen) atoms. The highest BCUT2D eigenvalue weighted by molar-refractivity contribution is 6.07. The Bertz CT molecular complexity index is 983. The summed E-state index contributed by atoms with van der Waals surface area (Å²) in [6.07, 6.45) is 3.89. The molecule has 0 saturated carbocycles. The Labute approximate surface area is 137 Å². The van der Waals surface area contributed by atoms with E-state index in [0.717, 1.165) is 5.69 Å². The minimum absolute atomic E-state index is 0.0305. The summed E-state index contributed by atoms with van der Waals surface area (Å²) < 4.78 is 2.22. The van der Waals surface area contributed by atoms with Crippen molar-refractivity contribution in [1.82, 2.24) is 4.57 Å². The maximum absolute atomic E-state index is 4.06. The molecule has 0 bridgehead atoms. The van der Waals surface area contributed by atoms with Crippen molar-refractivity contribution in [1.29, 1.82) is 0 Å². The molecule has 0 amide bonds. The summed E-state index contributed by atoms with van der Waals surface area (Å²) in [4.78, 5) is 0. The van der Waals surface area contributed by atoms with Gasteiger partial charge in [-0.05, 0) is 34.4 Å². The molecule has 1 aromatic heterocycles. The van der Waals surface area contributed by atoms with Crippen LogP contribution in [-0.2, 0) is 12.5 Å². The standard InChI is InChI=1S/C22H21N/c1-6-14-18(7-2)23(5)19-13-12-17-20(21(14)19)15-10-8-9-11-16(15)22(17,3)4/h6-13H,1-2H2,3-5H3. The zero-order valence-electron chi connectivity index (χ0n) is 14.0. The molecule has 1 nitrogen and oxygen atoms in total. The Kier molecular flexibility index (Phi) is 2.74. The van der Waals surface area contributed by atoms with Gasteiger partial charge in [-0.1, -0.05) is 63.4 Å². The third-order valence-electron chi connectivity index (χ3n) is 5.39. The first-order valence-electron chi connectivity index (χ1n) is 8.03. The summed E-state index contributed by atoms with van der Waals surface area (Å²) in [6, 6.07) is 13.3. The third kappa shape index (κ3) is 1.57. The molecule has 1 heteroatoms. The second-order valence-electron chi connectivity index (χ2n) is 6.82. The fourth-order valence-electron chi connectivity index (χ4n) is 4.23. The summed E-state index contributed by atoms with van der Waals surface area (Å²) in [7, 11) is 2.10. The fraction of sp³-hybridized carbons (Fsp3) is 0.182. The van der Waals surface area contributed by atoms with Gasteiger partial charge in [-0.2, -0.15) is 0 Å². The maximum atomic E-state index is 4.06. The van der Waals surface area contributed by atoms with Gasteiger partial charge < -0.3 is 4.57 Å². The first-order valence-corrected chi connectivity index (χ1v) is 8.03. The Morgan fingerprint density at radius 2 is 1.70 bits per heavy atom. The first-order chi connectivity index (χ1) is 11.0. The first kappa shape index (κ1) is 14.1. The van der Waals surface area contributed by atoms with Gasteiger partial charge in [0.15, 0.2) is 0 Å². The quantitative estimate of drug-likeness (QED) is 0.566. The molecule has 0 atom stereocenters. The van der Waals surface area contributed by atoms with E-state index in [2.05, 4.69) is 75.0 Å². The summed E-state index contributed by atoms with van der Waals surface area (Å²) in [5, 5.41) is 1.30. The van der Waals surface area contributed by atoms with Crippen LogP contribution in [0.15, 0.2) is 49.6 Å². The topological polar surface area (TPSA) is 4.93 Å². The Balaban J connectivity index is 2.27. The van der Waals surface area contributed by atoms with Crippen LogP contribution >= 0.6 is 0 Å². The van der Waals surface area contributed by atoms with Crippen molar-refractivity contribution in [3.05, 3.63) is 71.9 Å². The summed E-state index contributed by atoms with van der Waals surface area (Å²) in [5.41, 5.74) is 9.09. The fourth-order valence-corrected chi connectivity index (χ4v) is 4.23. The molecule has 0 aliphatic heterocycles. The van der Waals surface area contributed by atoms with Gasteiger partial charge >= 0.3 is 0 Å². The summed E-state index contributed by atoms with van der Waals surface area (Å²) in [5.74, 6) is 0. The van der Waals surface area contributed by atoms with Gasteiger partial charge in [-0.15, -0.1) is 0 Å². The predicted octanol–water partition coefficient (Wildman–Crippen LogP) is 5.77. The minimum Gasteiger partial charge on any atom is -0.344 e. The SMILES string of the molecule is C=Cc1c(C=C)n(C)c2ccc3c(c12)-c1ccccc1C3(C)C. The van der Waals surface area contributed by atoms with Crippen molar-refractivity contribution >= 4 is 23.1 Å². The van der Waals surface area contributed by atoms with Gasteiger partial charge in [0.05, 0.1) is 0 Å². The number of aryl methyl sites for hydroxylation is 1. The molecule has 0 spiro atoms. The molecule has 1 aliphatic carbocycles. The normalized spacial score (nSPS) is 14.6. The van der Waals surface area contributed by atoms with Crippen LogP contribution in [0.25, 0.3) is 34.2 Å². The Morgan fingerprint density at radius 3 is 2.39 bits per heavy atom.